The first-order chi connectivity index (χ1) is 25.4. The van der Waals surface area contributed by atoms with Gasteiger partial charge in [0.15, 0.2) is 0 Å². The van der Waals surface area contributed by atoms with Crippen molar-refractivity contribution in [3.8, 4) is 11.1 Å². The third-order valence-corrected chi connectivity index (χ3v) is 9.95. The van der Waals surface area contributed by atoms with Crippen LogP contribution >= 0.6 is 23.2 Å². The molecule has 0 heterocycles. The molecule has 0 saturated heterocycles. The van der Waals surface area contributed by atoms with E-state index in [9.17, 15) is 19.2 Å². The van der Waals surface area contributed by atoms with E-state index in [2.05, 4.69) is 41.2 Å². The third-order valence-electron chi connectivity index (χ3n) is 9.35. The monoisotopic (exact) mass is 760 g/mol. The van der Waals surface area contributed by atoms with Crippen LogP contribution in [0.25, 0.3) is 11.1 Å². The van der Waals surface area contributed by atoms with Gasteiger partial charge in [0.2, 0.25) is 17.7 Å². The predicted molar refractivity (Wildman–Crippen MR) is 212 cm³/mol. The van der Waals surface area contributed by atoms with Gasteiger partial charge in [0.25, 0.3) is 0 Å². The molecule has 0 spiro atoms. The summed E-state index contributed by atoms with van der Waals surface area (Å²) >= 11 is 12.8. The number of halogens is 2. The summed E-state index contributed by atoms with van der Waals surface area (Å²) < 4.78 is 5.70. The van der Waals surface area contributed by atoms with Gasteiger partial charge in [0, 0.05) is 36.0 Å². The summed E-state index contributed by atoms with van der Waals surface area (Å²) in [5, 5.41) is 9.33. The Hall–Kier alpha value is -4.60. The highest BCUT2D eigenvalue weighted by Gasteiger charge is 2.35. The summed E-state index contributed by atoms with van der Waals surface area (Å²) in [7, 11) is 1.54. The van der Waals surface area contributed by atoms with E-state index in [1.54, 1.807) is 25.2 Å². The Morgan fingerprint density at radius 3 is 2.15 bits per heavy atom. The van der Waals surface area contributed by atoms with Crippen molar-refractivity contribution in [2.24, 2.45) is 5.92 Å². The Morgan fingerprint density at radius 1 is 0.868 bits per heavy atom. The van der Waals surface area contributed by atoms with Crippen LogP contribution in [0.15, 0.2) is 92.0 Å². The number of ether oxygens (including phenoxy) is 1. The van der Waals surface area contributed by atoms with E-state index in [1.807, 2.05) is 56.3 Å². The molecule has 9 nitrogen and oxygen atoms in total. The van der Waals surface area contributed by atoms with Gasteiger partial charge in [0.05, 0.1) is 0 Å². The first-order valence-corrected chi connectivity index (χ1v) is 18.8. The maximum atomic E-state index is 14.2. The Kier molecular flexibility index (Phi) is 15.5. The molecule has 0 saturated carbocycles. The quantitative estimate of drug-likeness (QED) is 0.0851. The normalized spacial score (nSPS) is 13.5. The van der Waals surface area contributed by atoms with Crippen LogP contribution in [0.5, 0.6) is 0 Å². The van der Waals surface area contributed by atoms with Gasteiger partial charge in [-0.1, -0.05) is 97.7 Å². The van der Waals surface area contributed by atoms with Gasteiger partial charge in [-0.25, -0.2) is 4.79 Å². The van der Waals surface area contributed by atoms with Gasteiger partial charge in [0.1, 0.15) is 24.7 Å². The number of unbranched alkanes of at least 4 members (excludes halogenated alkanes) is 2. The number of amides is 4. The lowest BCUT2D eigenvalue weighted by atomic mass is 9.98. The molecular formula is C42H50Cl2N4O5. The number of hydrogen-bond acceptors (Lipinski definition) is 5. The lowest BCUT2D eigenvalue weighted by Gasteiger charge is -2.32. The summed E-state index contributed by atoms with van der Waals surface area (Å²) in [6.07, 6.45) is 5.50. The van der Waals surface area contributed by atoms with Crippen LogP contribution in [0.4, 0.5) is 4.79 Å². The van der Waals surface area contributed by atoms with E-state index in [-0.39, 0.29) is 43.6 Å². The molecule has 1 aliphatic carbocycles. The molecule has 0 unspecified atom stereocenters. The van der Waals surface area contributed by atoms with Crippen molar-refractivity contribution in [2.75, 3.05) is 20.2 Å². The van der Waals surface area contributed by atoms with Crippen LogP contribution in [0.1, 0.15) is 68.6 Å². The number of rotatable bonds is 19. The van der Waals surface area contributed by atoms with Gasteiger partial charge < -0.3 is 25.6 Å². The summed E-state index contributed by atoms with van der Waals surface area (Å²) in [5.74, 6) is -1.54. The van der Waals surface area contributed by atoms with E-state index >= 15 is 0 Å². The molecule has 11 heteroatoms. The minimum Gasteiger partial charge on any atom is -0.449 e. The number of carbonyl (C=O) groups excluding carboxylic acids is 4. The number of nitrogens with zero attached hydrogens (tertiary/aromatic N) is 1. The number of fused-ring (bicyclic) bond motifs is 3. The van der Waals surface area contributed by atoms with Gasteiger partial charge in [-0.2, -0.15) is 0 Å². The number of hydrogen-bond donors (Lipinski definition) is 3. The lowest BCUT2D eigenvalue weighted by Crippen LogP contribution is -2.57. The van der Waals surface area contributed by atoms with Crippen LogP contribution in [-0.4, -0.2) is 67.0 Å². The zero-order chi connectivity index (χ0) is 38.5. The first-order valence-electron chi connectivity index (χ1n) is 18.1. The maximum absolute atomic E-state index is 14.2. The molecule has 1 aliphatic rings. The lowest BCUT2D eigenvalue weighted by molar-refractivity contribution is -0.142. The van der Waals surface area contributed by atoms with Crippen molar-refractivity contribution in [3.05, 3.63) is 119 Å². The van der Waals surface area contributed by atoms with Crippen LogP contribution in [0, 0.1) is 5.92 Å². The third kappa shape index (κ3) is 11.2. The topological polar surface area (TPSA) is 117 Å². The fraction of sp³-hybridized carbons (Fsp3) is 0.381. The molecule has 0 fully saturated rings. The highest BCUT2D eigenvalue weighted by Crippen LogP contribution is 2.44. The summed E-state index contributed by atoms with van der Waals surface area (Å²) in [5.41, 5.74) is 4.95. The molecule has 3 N–H and O–H groups in total. The fourth-order valence-corrected chi connectivity index (χ4v) is 6.99. The molecular weight excluding hydrogens is 711 g/mol. The van der Waals surface area contributed by atoms with E-state index < -0.39 is 36.0 Å². The second-order valence-electron chi connectivity index (χ2n) is 13.7. The number of allylic oxidation sites excluding steroid dienone is 1. The molecule has 0 aliphatic heterocycles. The number of likely N-dealkylation sites (N-methyl/N-ethyl adjacent to an activating group) is 1. The van der Waals surface area contributed by atoms with Gasteiger partial charge in [-0.05, 0) is 84.0 Å². The van der Waals surface area contributed by atoms with Crippen molar-refractivity contribution in [2.45, 2.75) is 76.4 Å². The van der Waals surface area contributed by atoms with Gasteiger partial charge in [-0.3, -0.25) is 14.4 Å². The highest BCUT2D eigenvalue weighted by atomic mass is 35.5. The van der Waals surface area contributed by atoms with Crippen molar-refractivity contribution in [3.63, 3.8) is 0 Å². The Labute approximate surface area is 323 Å². The van der Waals surface area contributed by atoms with Crippen LogP contribution in [-0.2, 0) is 25.5 Å². The average Bonchev–Trinajstić information content (AvgIpc) is 3.46. The second kappa shape index (κ2) is 20.0. The largest absolute Gasteiger partial charge is 0.449 e. The van der Waals surface area contributed by atoms with Crippen LogP contribution in [0.3, 0.4) is 0 Å². The molecule has 3 aromatic carbocycles. The van der Waals surface area contributed by atoms with Crippen LogP contribution in [0.2, 0.25) is 10.0 Å². The molecule has 0 bridgehead atoms. The van der Waals surface area contributed by atoms with E-state index in [1.165, 1.54) is 11.0 Å². The SMILES string of the molecule is C=CCCCCNC(=O)[C@H](Cc1cc(Cl)ccc1Cl)N(C)C(=O)[C@H](CC(C)C)NC(=O)[C@H](CC=C)NC(=O)OCC1c2ccccc2-c2ccccc21. The molecule has 0 radical (unpaired) electrons. The van der Waals surface area contributed by atoms with Gasteiger partial charge >= 0.3 is 6.09 Å². The number of alkyl carbamates (subject to hydrolysis) is 1. The Bertz CT molecular complexity index is 1730. The zero-order valence-corrected chi connectivity index (χ0v) is 32.2. The standard InChI is InChI=1S/C42H50Cl2N4O5/c1-6-8-9-14-22-45-40(50)38(25-28-24-29(43)20-21-35(28)44)48(5)41(51)37(23-27(3)4)46-39(49)36(15-7-2)47-42(52)53-26-34-32-18-12-10-16-30(32)31-17-11-13-19-33(31)34/h6-7,10-13,16-21,24,27,34,36-38H,1-2,8-9,14-15,22-23,25-26H2,3-5H3,(H,45,50)(H,46,49)(H,47,52)/t36-,37-,38-/m0/s1. The van der Waals surface area contributed by atoms with Crippen LogP contribution < -0.4 is 16.0 Å². The molecule has 282 valence electrons. The number of carbonyl (C=O) groups is 4. The first kappa shape index (κ1) is 41.2. The predicted octanol–water partition coefficient (Wildman–Crippen LogP) is 7.85. The summed E-state index contributed by atoms with van der Waals surface area (Å²) in [6, 6.07) is 18.0. The molecule has 3 aromatic rings. The van der Waals surface area contributed by atoms with E-state index in [0.717, 1.165) is 41.5 Å². The molecule has 0 aromatic heterocycles. The number of benzene rings is 3. The van der Waals surface area contributed by atoms with Crippen molar-refractivity contribution in [1.82, 2.24) is 20.9 Å². The van der Waals surface area contributed by atoms with Gasteiger partial charge in [-0.15, -0.1) is 13.2 Å². The minimum atomic E-state index is -1.06. The highest BCUT2D eigenvalue weighted by molar-refractivity contribution is 6.33. The van der Waals surface area contributed by atoms with Crippen molar-refractivity contribution >= 4 is 47.0 Å². The molecule has 53 heavy (non-hydrogen) atoms. The summed E-state index contributed by atoms with van der Waals surface area (Å²) in [4.78, 5) is 56.1. The molecule has 3 atom stereocenters. The second-order valence-corrected chi connectivity index (χ2v) is 14.6. The van der Waals surface area contributed by atoms with Crippen molar-refractivity contribution in [1.29, 1.82) is 0 Å². The van der Waals surface area contributed by atoms with E-state index in [4.69, 9.17) is 27.9 Å². The number of nitrogens with one attached hydrogen (secondary N) is 3. The Balaban J connectivity index is 1.47. The van der Waals surface area contributed by atoms with E-state index in [0.29, 0.717) is 22.2 Å². The Morgan fingerprint density at radius 2 is 1.53 bits per heavy atom. The summed E-state index contributed by atoms with van der Waals surface area (Å²) in [6.45, 7) is 11.9. The zero-order valence-electron chi connectivity index (χ0n) is 30.7. The fourth-order valence-electron chi connectivity index (χ4n) is 6.60. The minimum absolute atomic E-state index is 0.00473. The average molecular weight is 762 g/mol. The molecule has 4 rings (SSSR count). The maximum Gasteiger partial charge on any atom is 0.407 e. The smallest absolute Gasteiger partial charge is 0.407 e. The molecule has 4 amide bonds. The van der Waals surface area contributed by atoms with Crippen molar-refractivity contribution < 1.29 is 23.9 Å².